The van der Waals surface area contributed by atoms with Crippen LogP contribution in [0.2, 0.25) is 0 Å². The molecule has 0 N–H and O–H groups in total. The van der Waals surface area contributed by atoms with Gasteiger partial charge in [0.15, 0.2) is 0 Å². The molecule has 2 nitrogen and oxygen atoms in total. The minimum Gasteiger partial charge on any atom is -0.264 e. The molecule has 0 bridgehead atoms. The number of hydrogen-bond acceptors (Lipinski definition) is 1. The van der Waals surface area contributed by atoms with Crippen LogP contribution in [0.3, 0.4) is 0 Å². The van der Waals surface area contributed by atoms with Crippen LogP contribution in [-0.4, -0.2) is 15.1 Å². The number of rotatable bonds is 11. The Morgan fingerprint density at radius 1 is 0.562 bits per heavy atom. The van der Waals surface area contributed by atoms with Crippen LogP contribution in [0.5, 0.6) is 0 Å². The van der Waals surface area contributed by atoms with E-state index in [9.17, 15) is 0 Å². The van der Waals surface area contributed by atoms with Gasteiger partial charge in [-0.25, -0.2) is 0 Å². The van der Waals surface area contributed by atoms with E-state index in [1.165, 1.54) is 54.5 Å². The Morgan fingerprint density at radius 3 is 1.66 bits per heavy atom. The van der Waals surface area contributed by atoms with Crippen molar-refractivity contribution in [1.82, 2.24) is 9.78 Å². The first-order valence-electron chi connectivity index (χ1n) is 11.7. The third-order valence-corrected chi connectivity index (χ3v) is 6.42. The van der Waals surface area contributed by atoms with Gasteiger partial charge in [0.2, 0.25) is 0 Å². The highest BCUT2D eigenvalue weighted by atomic mass is 79.9. The van der Waals surface area contributed by atoms with Gasteiger partial charge in [0.1, 0.15) is 5.69 Å². The number of benzene rings is 3. The molecule has 0 unspecified atom stereocenters. The predicted octanol–water partition coefficient (Wildman–Crippen LogP) is 8.62. The lowest BCUT2D eigenvalue weighted by Gasteiger charge is -2.11. The number of hydrogen-bond donors (Lipinski definition) is 0. The summed E-state index contributed by atoms with van der Waals surface area (Å²) in [4.78, 5) is 0. The van der Waals surface area contributed by atoms with E-state index in [2.05, 4.69) is 112 Å². The zero-order chi connectivity index (χ0) is 22.0. The van der Waals surface area contributed by atoms with Crippen molar-refractivity contribution in [1.29, 1.82) is 0 Å². The number of nitrogens with zero attached hydrogens (tertiary/aromatic N) is 2. The van der Waals surface area contributed by atoms with Crippen molar-refractivity contribution in [2.45, 2.75) is 45.1 Å². The van der Waals surface area contributed by atoms with Gasteiger partial charge >= 0.3 is 0 Å². The molecule has 3 heteroatoms. The number of halogens is 1. The molecule has 1 aromatic heterocycles. The summed E-state index contributed by atoms with van der Waals surface area (Å²) in [6, 6.07) is 32.0. The quantitative estimate of drug-likeness (QED) is 0.153. The molecule has 4 aromatic rings. The summed E-state index contributed by atoms with van der Waals surface area (Å²) in [7, 11) is 0. The van der Waals surface area contributed by atoms with Gasteiger partial charge in [-0.1, -0.05) is 133 Å². The smallest absolute Gasteiger partial charge is 0.101 e. The maximum atomic E-state index is 5.19. The molecule has 0 fully saturated rings. The van der Waals surface area contributed by atoms with Crippen molar-refractivity contribution in [3.8, 4) is 33.6 Å². The van der Waals surface area contributed by atoms with E-state index in [0.29, 0.717) is 0 Å². The third-order valence-electron chi connectivity index (χ3n) is 5.86. The van der Waals surface area contributed by atoms with Crippen LogP contribution in [0, 0.1) is 0 Å². The highest BCUT2D eigenvalue weighted by Gasteiger charge is 2.21. The van der Waals surface area contributed by atoms with Crippen molar-refractivity contribution in [3.05, 3.63) is 91.0 Å². The van der Waals surface area contributed by atoms with Gasteiger partial charge in [-0.05, 0) is 18.4 Å². The lowest BCUT2D eigenvalue weighted by Crippen LogP contribution is -2.03. The van der Waals surface area contributed by atoms with Crippen molar-refractivity contribution in [2.75, 3.05) is 5.33 Å². The van der Waals surface area contributed by atoms with Crippen LogP contribution < -0.4 is 0 Å². The van der Waals surface area contributed by atoms with E-state index in [-0.39, 0.29) is 0 Å². The van der Waals surface area contributed by atoms with Crippen molar-refractivity contribution in [2.24, 2.45) is 0 Å². The van der Waals surface area contributed by atoms with Gasteiger partial charge < -0.3 is 0 Å². The Hall–Kier alpha value is -2.65. The Morgan fingerprint density at radius 2 is 1.06 bits per heavy atom. The summed E-state index contributed by atoms with van der Waals surface area (Å²) in [5.41, 5.74) is 7.10. The van der Waals surface area contributed by atoms with E-state index in [1.807, 2.05) is 0 Å². The maximum Gasteiger partial charge on any atom is 0.101 e. The second kappa shape index (κ2) is 11.8. The number of aryl methyl sites for hydroxylation is 1. The Bertz CT molecular complexity index is 1070. The number of alkyl halides is 1. The summed E-state index contributed by atoms with van der Waals surface area (Å²) >= 11 is 3.53. The topological polar surface area (TPSA) is 17.8 Å². The van der Waals surface area contributed by atoms with Gasteiger partial charge in [-0.3, -0.25) is 4.68 Å². The van der Waals surface area contributed by atoms with Crippen LogP contribution in [-0.2, 0) is 6.54 Å². The molecule has 0 radical (unpaired) electrons. The van der Waals surface area contributed by atoms with Crippen LogP contribution >= 0.6 is 15.9 Å². The van der Waals surface area contributed by atoms with Gasteiger partial charge in [-0.15, -0.1) is 0 Å². The molecule has 0 amide bonds. The van der Waals surface area contributed by atoms with Gasteiger partial charge in [0.25, 0.3) is 0 Å². The first-order chi connectivity index (χ1) is 15.9. The molecular weight excluding hydrogens is 456 g/mol. The van der Waals surface area contributed by atoms with Crippen LogP contribution in [0.25, 0.3) is 33.6 Å². The van der Waals surface area contributed by atoms with E-state index in [1.54, 1.807) is 0 Å². The second-order valence-electron chi connectivity index (χ2n) is 8.20. The van der Waals surface area contributed by atoms with E-state index in [0.717, 1.165) is 29.6 Å². The highest BCUT2D eigenvalue weighted by Crippen LogP contribution is 2.40. The molecular formula is C29H31BrN2. The maximum absolute atomic E-state index is 5.19. The van der Waals surface area contributed by atoms with E-state index >= 15 is 0 Å². The van der Waals surface area contributed by atoms with Crippen LogP contribution in [0.1, 0.15) is 38.5 Å². The largest absolute Gasteiger partial charge is 0.264 e. The molecule has 0 atom stereocenters. The van der Waals surface area contributed by atoms with Crippen molar-refractivity contribution < 1.29 is 0 Å². The number of aromatic nitrogens is 2. The molecule has 1 heterocycles. The normalized spacial score (nSPS) is 11.0. The lowest BCUT2D eigenvalue weighted by atomic mass is 9.96. The Labute approximate surface area is 200 Å². The third kappa shape index (κ3) is 5.58. The first kappa shape index (κ1) is 22.5. The molecule has 0 aliphatic rings. The molecule has 4 rings (SSSR count). The fourth-order valence-corrected chi connectivity index (χ4v) is 4.65. The monoisotopic (exact) mass is 486 g/mol. The number of unbranched alkanes of at least 4 members (excludes halogenated alkanes) is 5. The second-order valence-corrected chi connectivity index (χ2v) is 9.00. The summed E-state index contributed by atoms with van der Waals surface area (Å²) in [5.74, 6) is 0. The SMILES string of the molecule is BrCCCCCCCCn1nc(-c2ccccc2)c(-c2ccccc2)c1-c1ccccc1. The minimum atomic E-state index is 0.940. The van der Waals surface area contributed by atoms with Crippen molar-refractivity contribution >= 4 is 15.9 Å². The van der Waals surface area contributed by atoms with Crippen LogP contribution in [0.15, 0.2) is 91.0 Å². The summed E-state index contributed by atoms with van der Waals surface area (Å²) < 4.78 is 2.25. The Balaban J connectivity index is 1.71. The Kier molecular flexibility index (Phi) is 8.33. The minimum absolute atomic E-state index is 0.940. The zero-order valence-electron chi connectivity index (χ0n) is 18.6. The van der Waals surface area contributed by atoms with Gasteiger partial charge in [0, 0.05) is 28.6 Å². The average molecular weight is 487 g/mol. The first-order valence-corrected chi connectivity index (χ1v) is 12.8. The standard InChI is InChI=1S/C29H31BrN2/c30-22-14-3-1-2-4-15-23-32-29(26-20-12-7-13-21-26)27(24-16-8-5-9-17-24)28(31-32)25-18-10-6-11-19-25/h5-13,16-21H,1-4,14-15,22-23H2. The van der Waals surface area contributed by atoms with Gasteiger partial charge in [0.05, 0.1) is 5.69 Å². The summed E-state index contributed by atoms with van der Waals surface area (Å²) in [6.07, 6.45) is 7.61. The van der Waals surface area contributed by atoms with E-state index < -0.39 is 0 Å². The molecule has 164 valence electrons. The predicted molar refractivity (Wildman–Crippen MR) is 140 cm³/mol. The molecule has 32 heavy (non-hydrogen) atoms. The zero-order valence-corrected chi connectivity index (χ0v) is 20.2. The van der Waals surface area contributed by atoms with Gasteiger partial charge in [-0.2, -0.15) is 5.10 Å². The molecule has 0 aliphatic carbocycles. The summed E-state index contributed by atoms with van der Waals surface area (Å²) in [6.45, 7) is 0.940. The fourth-order valence-electron chi connectivity index (χ4n) is 4.25. The average Bonchev–Trinajstić information content (AvgIpc) is 3.24. The highest BCUT2D eigenvalue weighted by molar-refractivity contribution is 9.09. The molecule has 3 aromatic carbocycles. The summed E-state index contributed by atoms with van der Waals surface area (Å²) in [5, 5.41) is 6.31. The molecule has 0 saturated carbocycles. The van der Waals surface area contributed by atoms with Crippen LogP contribution in [0.4, 0.5) is 0 Å². The fraction of sp³-hybridized carbons (Fsp3) is 0.276. The lowest BCUT2D eigenvalue weighted by molar-refractivity contribution is 0.532. The molecule has 0 spiro atoms. The van der Waals surface area contributed by atoms with Crippen molar-refractivity contribution in [3.63, 3.8) is 0 Å². The molecule has 0 aliphatic heterocycles. The molecule has 0 saturated heterocycles. The van der Waals surface area contributed by atoms with E-state index in [4.69, 9.17) is 5.10 Å².